The Kier molecular flexibility index (Phi) is 3.90. The molecule has 1 saturated heterocycles. The lowest BCUT2D eigenvalue weighted by molar-refractivity contribution is -0.158. The van der Waals surface area contributed by atoms with Gasteiger partial charge >= 0.3 is 5.97 Å². The lowest BCUT2D eigenvalue weighted by Gasteiger charge is -2.37. The third kappa shape index (κ3) is 2.64. The summed E-state index contributed by atoms with van der Waals surface area (Å²) < 4.78 is 5.46. The van der Waals surface area contributed by atoms with Crippen LogP contribution in [0.5, 0.6) is 0 Å². The molecule has 21 heavy (non-hydrogen) atoms. The summed E-state index contributed by atoms with van der Waals surface area (Å²) in [4.78, 5) is 25.7. The summed E-state index contributed by atoms with van der Waals surface area (Å²) in [7, 11) is 0. The minimum atomic E-state index is -1.00. The van der Waals surface area contributed by atoms with Crippen LogP contribution in [0.15, 0.2) is 24.3 Å². The molecule has 1 aromatic carbocycles. The fourth-order valence-electron chi connectivity index (χ4n) is 2.98. The first-order valence-corrected chi connectivity index (χ1v) is 7.12. The summed E-state index contributed by atoms with van der Waals surface area (Å²) in [6, 6.07) is 6.48. The molecule has 112 valence electrons. The van der Waals surface area contributed by atoms with Crippen LogP contribution in [-0.4, -0.2) is 54.2 Å². The van der Waals surface area contributed by atoms with Crippen LogP contribution >= 0.6 is 0 Å². The summed E-state index contributed by atoms with van der Waals surface area (Å²) in [6.07, 6.45) is 0.0807. The molecule has 2 unspecified atom stereocenters. The molecule has 0 spiro atoms. The third-order valence-corrected chi connectivity index (χ3v) is 4.00. The molecule has 2 heterocycles. The maximum atomic E-state index is 12.6. The molecule has 0 bridgehead atoms. The number of fused-ring (bicyclic) bond motifs is 1. The number of carboxylic acid groups (broad SMARTS) is 1. The van der Waals surface area contributed by atoms with Crippen LogP contribution in [0.25, 0.3) is 0 Å². The second-order valence-corrected chi connectivity index (χ2v) is 5.28. The number of ether oxygens (including phenoxy) is 1. The van der Waals surface area contributed by atoms with E-state index in [1.807, 2.05) is 12.1 Å². The normalized spacial score (nSPS) is 25.2. The van der Waals surface area contributed by atoms with Crippen molar-refractivity contribution < 1.29 is 19.4 Å². The van der Waals surface area contributed by atoms with Crippen LogP contribution in [0.1, 0.15) is 17.2 Å². The van der Waals surface area contributed by atoms with Crippen molar-refractivity contribution in [2.24, 2.45) is 0 Å². The number of nitrogens with zero attached hydrogens (tertiary/aromatic N) is 1. The summed E-state index contributed by atoms with van der Waals surface area (Å²) >= 11 is 0. The number of rotatable bonds is 2. The molecule has 6 nitrogen and oxygen atoms in total. The molecule has 2 aliphatic heterocycles. The van der Waals surface area contributed by atoms with Crippen LogP contribution in [0.2, 0.25) is 0 Å². The van der Waals surface area contributed by atoms with Crippen LogP contribution in [0.3, 0.4) is 0 Å². The Morgan fingerprint density at radius 3 is 2.86 bits per heavy atom. The van der Waals surface area contributed by atoms with Crippen molar-refractivity contribution in [3.05, 3.63) is 35.4 Å². The number of carboxylic acids is 1. The predicted molar refractivity (Wildman–Crippen MR) is 74.8 cm³/mol. The molecule has 0 aliphatic carbocycles. The molecule has 1 amide bonds. The number of aliphatic carboxylic acids is 1. The van der Waals surface area contributed by atoms with Crippen molar-refractivity contribution in [3.8, 4) is 0 Å². The highest BCUT2D eigenvalue weighted by Crippen LogP contribution is 2.30. The molecule has 2 N–H and O–H groups in total. The van der Waals surface area contributed by atoms with E-state index in [0.29, 0.717) is 31.7 Å². The van der Waals surface area contributed by atoms with Gasteiger partial charge in [-0.05, 0) is 17.5 Å². The minimum absolute atomic E-state index is 0.246. The molecule has 0 aromatic heterocycles. The summed E-state index contributed by atoms with van der Waals surface area (Å²) in [5.74, 6) is -1.25. The summed E-state index contributed by atoms with van der Waals surface area (Å²) in [6.45, 7) is 2.03. The average Bonchev–Trinajstić information content (AvgIpc) is 2.53. The van der Waals surface area contributed by atoms with Crippen molar-refractivity contribution in [2.45, 2.75) is 18.6 Å². The zero-order valence-electron chi connectivity index (χ0n) is 11.6. The number of hydrogen-bond acceptors (Lipinski definition) is 4. The number of nitrogens with one attached hydrogen (secondary N) is 1. The first-order valence-electron chi connectivity index (χ1n) is 7.12. The van der Waals surface area contributed by atoms with E-state index in [4.69, 9.17) is 4.74 Å². The standard InChI is InChI=1S/C15H18N2O4/c18-14(12-9-16-6-8-21-12)17-7-5-10-3-1-2-4-11(10)13(17)15(19)20/h1-4,12-13,16H,5-9H2,(H,19,20). The molecule has 2 atom stereocenters. The van der Waals surface area contributed by atoms with Crippen LogP contribution in [0, 0.1) is 0 Å². The largest absolute Gasteiger partial charge is 0.479 e. The van der Waals surface area contributed by atoms with E-state index in [1.54, 1.807) is 12.1 Å². The van der Waals surface area contributed by atoms with Gasteiger partial charge in [0.1, 0.15) is 6.10 Å². The topological polar surface area (TPSA) is 78.9 Å². The number of hydrogen-bond donors (Lipinski definition) is 2. The van der Waals surface area contributed by atoms with Gasteiger partial charge in [0.15, 0.2) is 6.04 Å². The van der Waals surface area contributed by atoms with Gasteiger partial charge in [-0.2, -0.15) is 0 Å². The van der Waals surface area contributed by atoms with E-state index < -0.39 is 18.1 Å². The predicted octanol–water partition coefficient (Wildman–Crippen LogP) is 0.185. The zero-order valence-corrected chi connectivity index (χ0v) is 11.6. The number of carbonyl (C=O) groups is 2. The van der Waals surface area contributed by atoms with E-state index >= 15 is 0 Å². The van der Waals surface area contributed by atoms with E-state index in [2.05, 4.69) is 5.32 Å². The first-order chi connectivity index (χ1) is 10.2. The van der Waals surface area contributed by atoms with E-state index in [1.165, 1.54) is 4.90 Å². The number of benzene rings is 1. The first kappa shape index (κ1) is 14.0. The van der Waals surface area contributed by atoms with Crippen LogP contribution < -0.4 is 5.32 Å². The number of amides is 1. The van der Waals surface area contributed by atoms with E-state index in [-0.39, 0.29) is 5.91 Å². The Labute approximate surface area is 122 Å². The van der Waals surface area contributed by atoms with Gasteiger partial charge in [0, 0.05) is 19.6 Å². The molecule has 0 saturated carbocycles. The van der Waals surface area contributed by atoms with Gasteiger partial charge in [-0.15, -0.1) is 0 Å². The SMILES string of the molecule is O=C(O)C1c2ccccc2CCN1C(=O)C1CNCCO1. The monoisotopic (exact) mass is 290 g/mol. The van der Waals surface area contributed by atoms with Crippen molar-refractivity contribution in [2.75, 3.05) is 26.2 Å². The van der Waals surface area contributed by atoms with Crippen molar-refractivity contribution in [1.82, 2.24) is 10.2 Å². The van der Waals surface area contributed by atoms with E-state index in [9.17, 15) is 14.7 Å². The second kappa shape index (κ2) is 5.83. The second-order valence-electron chi connectivity index (χ2n) is 5.28. The molecule has 0 radical (unpaired) electrons. The Balaban J connectivity index is 1.88. The van der Waals surface area contributed by atoms with Gasteiger partial charge < -0.3 is 20.1 Å². The highest BCUT2D eigenvalue weighted by atomic mass is 16.5. The third-order valence-electron chi connectivity index (χ3n) is 4.00. The molecule has 1 fully saturated rings. The van der Waals surface area contributed by atoms with Crippen molar-refractivity contribution in [3.63, 3.8) is 0 Å². The molecule has 2 aliphatic rings. The molecular formula is C15H18N2O4. The van der Waals surface area contributed by atoms with Crippen LogP contribution in [0.4, 0.5) is 0 Å². The maximum absolute atomic E-state index is 12.6. The van der Waals surface area contributed by atoms with Crippen molar-refractivity contribution in [1.29, 1.82) is 0 Å². The quantitative estimate of drug-likeness (QED) is 0.812. The Morgan fingerprint density at radius 1 is 1.33 bits per heavy atom. The molecular weight excluding hydrogens is 272 g/mol. The maximum Gasteiger partial charge on any atom is 0.331 e. The molecule has 6 heteroatoms. The fraction of sp³-hybridized carbons (Fsp3) is 0.467. The fourth-order valence-corrected chi connectivity index (χ4v) is 2.98. The number of morpholine rings is 1. The summed E-state index contributed by atoms with van der Waals surface area (Å²) in [5, 5.41) is 12.7. The Morgan fingerprint density at radius 2 is 2.14 bits per heavy atom. The zero-order chi connectivity index (χ0) is 14.8. The Hall–Kier alpha value is -1.92. The Bertz CT molecular complexity index is 554. The van der Waals surface area contributed by atoms with Gasteiger partial charge in [-0.3, -0.25) is 4.79 Å². The lowest BCUT2D eigenvalue weighted by atomic mass is 9.92. The van der Waals surface area contributed by atoms with Crippen LogP contribution in [-0.2, 0) is 20.7 Å². The summed E-state index contributed by atoms with van der Waals surface area (Å²) in [5.41, 5.74) is 1.70. The highest BCUT2D eigenvalue weighted by Gasteiger charge is 2.39. The smallest absolute Gasteiger partial charge is 0.331 e. The van der Waals surface area contributed by atoms with Gasteiger partial charge in [0.05, 0.1) is 6.61 Å². The van der Waals surface area contributed by atoms with Gasteiger partial charge in [0.25, 0.3) is 5.91 Å². The molecule has 3 rings (SSSR count). The van der Waals surface area contributed by atoms with Crippen molar-refractivity contribution >= 4 is 11.9 Å². The lowest BCUT2D eigenvalue weighted by Crippen LogP contribution is -2.53. The highest BCUT2D eigenvalue weighted by molar-refractivity contribution is 5.88. The van der Waals surface area contributed by atoms with Gasteiger partial charge in [-0.1, -0.05) is 24.3 Å². The molecule has 1 aromatic rings. The van der Waals surface area contributed by atoms with E-state index in [0.717, 1.165) is 12.1 Å². The number of carbonyl (C=O) groups excluding carboxylic acids is 1. The van der Waals surface area contributed by atoms with Gasteiger partial charge in [0.2, 0.25) is 0 Å². The average molecular weight is 290 g/mol. The van der Waals surface area contributed by atoms with Gasteiger partial charge in [-0.25, -0.2) is 4.79 Å². The minimum Gasteiger partial charge on any atom is -0.479 e.